The Bertz CT molecular complexity index is 223. The van der Waals surface area contributed by atoms with Crippen LogP contribution >= 0.6 is 0 Å². The van der Waals surface area contributed by atoms with Crippen LogP contribution in [0.5, 0.6) is 0 Å². The third-order valence-corrected chi connectivity index (χ3v) is 2.54. The van der Waals surface area contributed by atoms with Crippen LogP contribution in [0.2, 0.25) is 0 Å². The van der Waals surface area contributed by atoms with Gasteiger partial charge in [0.15, 0.2) is 5.54 Å². The van der Waals surface area contributed by atoms with Crippen molar-refractivity contribution in [3.05, 3.63) is 0 Å². The van der Waals surface area contributed by atoms with Gasteiger partial charge >= 0.3 is 5.97 Å². The van der Waals surface area contributed by atoms with E-state index >= 15 is 0 Å². The fourth-order valence-corrected chi connectivity index (χ4v) is 1.68. The number of carboxylic acid groups (broad SMARTS) is 1. The van der Waals surface area contributed by atoms with Crippen LogP contribution in [-0.4, -0.2) is 47.7 Å². The normalized spacial score (nSPS) is 26.1. The Kier molecular flexibility index (Phi) is 3.46. The van der Waals surface area contributed by atoms with E-state index in [1.54, 1.807) is 0 Å². The Hall–Kier alpha value is -1.10. The Labute approximate surface area is 82.6 Å². The second-order valence-corrected chi connectivity index (χ2v) is 3.44. The number of nitrogens with zero attached hydrogens (tertiary/aromatic N) is 1. The molecule has 0 radical (unpaired) electrons. The lowest BCUT2D eigenvalue weighted by atomic mass is 9.97. The van der Waals surface area contributed by atoms with Crippen molar-refractivity contribution < 1.29 is 19.4 Å². The molecule has 0 aliphatic carbocycles. The summed E-state index contributed by atoms with van der Waals surface area (Å²) >= 11 is 0. The summed E-state index contributed by atoms with van der Waals surface area (Å²) in [7, 11) is 0. The van der Waals surface area contributed by atoms with Crippen molar-refractivity contribution >= 4 is 12.4 Å². The molecule has 0 saturated carbocycles. The number of amides is 1. The molecular weight excluding hydrogens is 186 g/mol. The average Bonchev–Trinajstić information content (AvgIpc) is 2.64. The van der Waals surface area contributed by atoms with Gasteiger partial charge in [-0.15, -0.1) is 0 Å². The molecule has 1 fully saturated rings. The van der Waals surface area contributed by atoms with Crippen molar-refractivity contribution in [2.75, 3.05) is 19.8 Å². The van der Waals surface area contributed by atoms with E-state index in [2.05, 4.69) is 0 Å². The molecule has 0 spiro atoms. The van der Waals surface area contributed by atoms with E-state index in [9.17, 15) is 9.59 Å². The maximum Gasteiger partial charge on any atom is 0.332 e. The molecule has 1 N–H and O–H groups in total. The molecule has 5 heteroatoms. The van der Waals surface area contributed by atoms with Crippen LogP contribution in [0.25, 0.3) is 0 Å². The summed E-state index contributed by atoms with van der Waals surface area (Å²) < 4.78 is 5.07. The van der Waals surface area contributed by atoms with E-state index < -0.39 is 11.5 Å². The van der Waals surface area contributed by atoms with Gasteiger partial charge in [0.05, 0.1) is 6.61 Å². The minimum absolute atomic E-state index is 0.0983. The molecule has 1 atom stereocenters. The molecule has 0 aromatic heterocycles. The lowest BCUT2D eigenvalue weighted by molar-refractivity contribution is -0.155. The SMILES string of the molecule is CCCN(C=O)C1(C(=O)O)CCOC1. The van der Waals surface area contributed by atoms with Crippen LogP contribution in [0.4, 0.5) is 0 Å². The minimum atomic E-state index is -1.13. The van der Waals surface area contributed by atoms with Crippen molar-refractivity contribution in [2.24, 2.45) is 0 Å². The first-order valence-corrected chi connectivity index (χ1v) is 4.70. The van der Waals surface area contributed by atoms with Crippen LogP contribution in [0.1, 0.15) is 19.8 Å². The third-order valence-electron chi connectivity index (χ3n) is 2.54. The van der Waals surface area contributed by atoms with Crippen LogP contribution in [0.15, 0.2) is 0 Å². The predicted molar refractivity (Wildman–Crippen MR) is 48.9 cm³/mol. The maximum absolute atomic E-state index is 11.1. The lowest BCUT2D eigenvalue weighted by Crippen LogP contribution is -2.55. The number of rotatable bonds is 5. The molecule has 0 aromatic rings. The highest BCUT2D eigenvalue weighted by atomic mass is 16.5. The number of hydrogen-bond acceptors (Lipinski definition) is 3. The Morgan fingerprint density at radius 1 is 1.71 bits per heavy atom. The van der Waals surface area contributed by atoms with Gasteiger partial charge in [0, 0.05) is 19.6 Å². The van der Waals surface area contributed by atoms with Crippen molar-refractivity contribution in [3.8, 4) is 0 Å². The molecule has 1 amide bonds. The number of hydrogen-bond donors (Lipinski definition) is 1. The molecule has 1 heterocycles. The largest absolute Gasteiger partial charge is 0.479 e. The number of ether oxygens (including phenoxy) is 1. The molecular formula is C9H15NO4. The van der Waals surface area contributed by atoms with Crippen LogP contribution in [0.3, 0.4) is 0 Å². The number of carbonyl (C=O) groups is 2. The number of carboxylic acids is 1. The van der Waals surface area contributed by atoms with Gasteiger partial charge in [-0.25, -0.2) is 4.79 Å². The van der Waals surface area contributed by atoms with Gasteiger partial charge in [-0.3, -0.25) is 4.79 Å². The van der Waals surface area contributed by atoms with Gasteiger partial charge in [-0.1, -0.05) is 6.92 Å². The van der Waals surface area contributed by atoms with Crippen LogP contribution < -0.4 is 0 Å². The summed E-state index contributed by atoms with van der Waals surface area (Å²) in [5, 5.41) is 9.11. The van der Waals surface area contributed by atoms with Gasteiger partial charge in [0.1, 0.15) is 0 Å². The molecule has 5 nitrogen and oxygen atoms in total. The fraction of sp³-hybridized carbons (Fsp3) is 0.778. The second-order valence-electron chi connectivity index (χ2n) is 3.44. The number of aliphatic carboxylic acids is 1. The second kappa shape index (κ2) is 4.41. The Morgan fingerprint density at radius 3 is 2.79 bits per heavy atom. The van der Waals surface area contributed by atoms with E-state index in [1.165, 1.54) is 4.90 Å². The van der Waals surface area contributed by atoms with E-state index in [1.807, 2.05) is 6.92 Å². The fourth-order valence-electron chi connectivity index (χ4n) is 1.68. The van der Waals surface area contributed by atoms with E-state index in [0.29, 0.717) is 26.0 Å². The van der Waals surface area contributed by atoms with E-state index in [-0.39, 0.29) is 6.61 Å². The maximum atomic E-state index is 11.1. The molecule has 80 valence electrons. The zero-order valence-electron chi connectivity index (χ0n) is 8.23. The standard InChI is InChI=1S/C9H15NO4/c1-2-4-10(7-11)9(8(12)13)3-5-14-6-9/h7H,2-6H2,1H3,(H,12,13). The quantitative estimate of drug-likeness (QED) is 0.640. The van der Waals surface area contributed by atoms with Gasteiger partial charge in [0.25, 0.3) is 0 Å². The average molecular weight is 201 g/mol. The Balaban J connectivity index is 2.84. The zero-order valence-corrected chi connectivity index (χ0v) is 8.23. The summed E-state index contributed by atoms with van der Waals surface area (Å²) in [5.74, 6) is -0.976. The smallest absolute Gasteiger partial charge is 0.332 e. The highest BCUT2D eigenvalue weighted by molar-refractivity contribution is 5.82. The first-order chi connectivity index (χ1) is 6.67. The Morgan fingerprint density at radius 2 is 2.43 bits per heavy atom. The third kappa shape index (κ3) is 1.72. The molecule has 14 heavy (non-hydrogen) atoms. The molecule has 1 rings (SSSR count). The monoisotopic (exact) mass is 201 g/mol. The summed E-state index contributed by atoms with van der Waals surface area (Å²) in [5.41, 5.74) is -1.13. The minimum Gasteiger partial charge on any atom is -0.479 e. The highest BCUT2D eigenvalue weighted by Gasteiger charge is 2.47. The summed E-state index contributed by atoms with van der Waals surface area (Å²) in [4.78, 5) is 23.3. The zero-order chi connectivity index (χ0) is 10.6. The van der Waals surface area contributed by atoms with Crippen molar-refractivity contribution in [1.29, 1.82) is 0 Å². The molecule has 0 bridgehead atoms. The van der Waals surface area contributed by atoms with Crippen LogP contribution in [-0.2, 0) is 14.3 Å². The first-order valence-electron chi connectivity index (χ1n) is 4.70. The first kappa shape index (κ1) is 11.0. The van der Waals surface area contributed by atoms with Crippen molar-refractivity contribution in [1.82, 2.24) is 4.90 Å². The molecule has 1 aliphatic rings. The predicted octanol–water partition coefficient (Wildman–Crippen LogP) is 0.0985. The van der Waals surface area contributed by atoms with Gasteiger partial charge in [-0.05, 0) is 6.42 Å². The van der Waals surface area contributed by atoms with Gasteiger partial charge in [0.2, 0.25) is 6.41 Å². The molecule has 0 aromatic carbocycles. The summed E-state index contributed by atoms with van der Waals surface area (Å²) in [6, 6.07) is 0. The van der Waals surface area contributed by atoms with Gasteiger partial charge < -0.3 is 14.7 Å². The van der Waals surface area contributed by atoms with Crippen molar-refractivity contribution in [2.45, 2.75) is 25.3 Å². The summed E-state index contributed by atoms with van der Waals surface area (Å²) in [6.07, 6.45) is 1.72. The molecule has 1 saturated heterocycles. The van der Waals surface area contributed by atoms with Crippen LogP contribution in [0, 0.1) is 0 Å². The number of carbonyl (C=O) groups excluding carboxylic acids is 1. The molecule has 1 aliphatic heterocycles. The highest BCUT2D eigenvalue weighted by Crippen LogP contribution is 2.25. The summed E-state index contributed by atoms with van der Waals surface area (Å²) in [6.45, 7) is 2.86. The van der Waals surface area contributed by atoms with Crippen molar-refractivity contribution in [3.63, 3.8) is 0 Å². The molecule has 1 unspecified atom stereocenters. The van der Waals surface area contributed by atoms with Gasteiger partial charge in [-0.2, -0.15) is 0 Å². The lowest BCUT2D eigenvalue weighted by Gasteiger charge is -2.33. The van der Waals surface area contributed by atoms with E-state index in [4.69, 9.17) is 9.84 Å². The topological polar surface area (TPSA) is 66.8 Å². The van der Waals surface area contributed by atoms with E-state index in [0.717, 1.165) is 6.42 Å².